The molecule has 0 saturated carbocycles. The van der Waals surface area contributed by atoms with Gasteiger partial charge in [-0.15, -0.1) is 0 Å². The minimum atomic E-state index is -2.06. The van der Waals surface area contributed by atoms with Gasteiger partial charge in [-0.25, -0.2) is 19.3 Å². The van der Waals surface area contributed by atoms with E-state index in [2.05, 4.69) is 4.98 Å². The second kappa shape index (κ2) is 8.55. The lowest BCUT2D eigenvalue weighted by Gasteiger charge is -2.35. The third-order valence-corrected chi connectivity index (χ3v) is 6.83. The van der Waals surface area contributed by atoms with Crippen LogP contribution in [0.3, 0.4) is 0 Å². The summed E-state index contributed by atoms with van der Waals surface area (Å²) in [5.74, 6) is -2.25. The monoisotopic (exact) mass is 504 g/mol. The molecule has 6 rings (SSSR count). The zero-order chi connectivity index (χ0) is 26.6. The van der Waals surface area contributed by atoms with Crippen molar-refractivity contribution in [3.63, 3.8) is 0 Å². The Kier molecular flexibility index (Phi) is 5.27. The summed E-state index contributed by atoms with van der Waals surface area (Å²) >= 11 is 0. The van der Waals surface area contributed by atoms with Gasteiger partial charge < -0.3 is 0 Å². The summed E-state index contributed by atoms with van der Waals surface area (Å²) in [6.07, 6.45) is 1.57. The summed E-state index contributed by atoms with van der Waals surface area (Å²) < 4.78 is 15.2. The van der Waals surface area contributed by atoms with Crippen LogP contribution in [0.5, 0.6) is 0 Å². The number of anilines is 2. The molecule has 186 valence electrons. The van der Waals surface area contributed by atoms with Crippen molar-refractivity contribution in [2.75, 3.05) is 4.90 Å². The van der Waals surface area contributed by atoms with Gasteiger partial charge in [0.25, 0.3) is 17.7 Å². The van der Waals surface area contributed by atoms with Crippen LogP contribution < -0.4 is 4.90 Å². The summed E-state index contributed by atoms with van der Waals surface area (Å²) in [6.45, 7) is 3.27. The molecule has 1 aromatic heterocycles. The first kappa shape index (κ1) is 23.4. The highest BCUT2D eigenvalue weighted by molar-refractivity contribution is 6.27. The fourth-order valence-corrected chi connectivity index (χ4v) is 4.97. The maximum atomic E-state index is 15.2. The van der Waals surface area contributed by atoms with E-state index in [1.54, 1.807) is 72.9 Å². The fourth-order valence-electron chi connectivity index (χ4n) is 4.97. The Bertz CT molecular complexity index is 1660. The van der Waals surface area contributed by atoms with Gasteiger partial charge in [-0.2, -0.15) is 0 Å². The molecule has 0 saturated heterocycles. The molecule has 2 aliphatic heterocycles. The molecule has 8 heteroatoms. The van der Waals surface area contributed by atoms with Crippen LogP contribution >= 0.6 is 0 Å². The van der Waals surface area contributed by atoms with Gasteiger partial charge in [0.05, 0.1) is 22.5 Å². The van der Waals surface area contributed by atoms with E-state index in [4.69, 9.17) is 4.99 Å². The largest absolute Gasteiger partial charge is 0.281 e. The van der Waals surface area contributed by atoms with Gasteiger partial charge in [-0.05, 0) is 61.9 Å². The molecule has 2 aliphatic rings. The first-order chi connectivity index (χ1) is 18.3. The lowest BCUT2D eigenvalue weighted by molar-refractivity contribution is -0.126. The third-order valence-electron chi connectivity index (χ3n) is 6.83. The number of nitrogens with zero attached hydrogens (tertiary/aromatic N) is 4. The van der Waals surface area contributed by atoms with E-state index >= 15 is 4.39 Å². The summed E-state index contributed by atoms with van der Waals surface area (Å²) in [6, 6.07) is 22.9. The molecule has 4 aromatic rings. The average molecular weight is 505 g/mol. The minimum absolute atomic E-state index is 0.134. The van der Waals surface area contributed by atoms with Crippen molar-refractivity contribution in [2.45, 2.75) is 19.5 Å². The van der Waals surface area contributed by atoms with Gasteiger partial charge in [0.2, 0.25) is 5.66 Å². The predicted molar refractivity (Wildman–Crippen MR) is 140 cm³/mol. The Morgan fingerprint density at radius 1 is 0.763 bits per heavy atom. The molecule has 0 aliphatic carbocycles. The van der Waals surface area contributed by atoms with Crippen molar-refractivity contribution < 1.29 is 18.8 Å². The van der Waals surface area contributed by atoms with Gasteiger partial charge in [-0.3, -0.25) is 19.3 Å². The molecule has 3 amide bonds. The number of benzodiazepines with no additional fused rings is 1. The number of aromatic nitrogens is 1. The standard InChI is InChI=1S/C30H21FN4O3/c1-18-15-16-32-25(17-18)34-24-14-8-6-12-22(24)26(21-11-5-7-13-23(21)31)33-30(2,29(34)38)35-27(36)19-9-3-4-10-20(19)28(35)37/h3-17H,1-2H3. The van der Waals surface area contributed by atoms with Crippen molar-refractivity contribution in [3.8, 4) is 0 Å². The number of aliphatic imine (C=N–C) groups is 1. The molecule has 0 radical (unpaired) electrons. The quantitative estimate of drug-likeness (QED) is 0.365. The number of halogens is 1. The molecule has 1 unspecified atom stereocenters. The van der Waals surface area contributed by atoms with Crippen LogP contribution in [0.2, 0.25) is 0 Å². The number of fused-ring (bicyclic) bond motifs is 2. The number of carbonyl (C=O) groups is 3. The molecule has 0 bridgehead atoms. The number of aryl methyl sites for hydroxylation is 1. The second-order valence-electron chi connectivity index (χ2n) is 9.30. The number of hydrogen-bond acceptors (Lipinski definition) is 5. The highest BCUT2D eigenvalue weighted by atomic mass is 19.1. The van der Waals surface area contributed by atoms with Crippen molar-refractivity contribution >= 4 is 34.9 Å². The maximum Gasteiger partial charge on any atom is 0.281 e. The zero-order valence-corrected chi connectivity index (χ0v) is 20.6. The highest BCUT2D eigenvalue weighted by Gasteiger charge is 2.54. The van der Waals surface area contributed by atoms with Crippen molar-refractivity contribution in [3.05, 3.63) is 125 Å². The average Bonchev–Trinajstić information content (AvgIpc) is 3.13. The molecule has 7 nitrogen and oxygen atoms in total. The number of amides is 3. The van der Waals surface area contributed by atoms with E-state index in [0.29, 0.717) is 11.3 Å². The first-order valence-electron chi connectivity index (χ1n) is 12.0. The van der Waals surface area contributed by atoms with Crippen LogP contribution in [-0.2, 0) is 4.79 Å². The van der Waals surface area contributed by atoms with E-state index in [-0.39, 0.29) is 28.2 Å². The van der Waals surface area contributed by atoms with E-state index < -0.39 is 29.2 Å². The number of pyridine rings is 1. The summed E-state index contributed by atoms with van der Waals surface area (Å²) in [5.41, 5.74) is 0.271. The molecular weight excluding hydrogens is 483 g/mol. The van der Waals surface area contributed by atoms with Crippen LogP contribution in [0.25, 0.3) is 0 Å². The molecule has 0 spiro atoms. The summed E-state index contributed by atoms with van der Waals surface area (Å²) in [5, 5.41) is 0. The number of carbonyl (C=O) groups excluding carboxylic acids is 3. The van der Waals surface area contributed by atoms with Crippen LogP contribution in [0.4, 0.5) is 15.9 Å². The van der Waals surface area contributed by atoms with Gasteiger partial charge in [0, 0.05) is 17.3 Å². The van der Waals surface area contributed by atoms with Crippen LogP contribution in [0.15, 0.2) is 96.1 Å². The highest BCUT2D eigenvalue weighted by Crippen LogP contribution is 2.40. The van der Waals surface area contributed by atoms with Crippen molar-refractivity contribution in [1.29, 1.82) is 0 Å². The van der Waals surface area contributed by atoms with Crippen LogP contribution in [0.1, 0.15) is 44.3 Å². The summed E-state index contributed by atoms with van der Waals surface area (Å²) in [7, 11) is 0. The van der Waals surface area contributed by atoms with E-state index in [0.717, 1.165) is 10.5 Å². The second-order valence-corrected chi connectivity index (χ2v) is 9.30. The van der Waals surface area contributed by atoms with Gasteiger partial charge >= 0.3 is 0 Å². The Balaban J connectivity index is 1.67. The van der Waals surface area contributed by atoms with Gasteiger partial charge in [0.1, 0.15) is 11.6 Å². The van der Waals surface area contributed by atoms with E-state index in [9.17, 15) is 14.4 Å². The van der Waals surface area contributed by atoms with Gasteiger partial charge in [-0.1, -0.05) is 42.5 Å². The fraction of sp³-hybridized carbons (Fsp3) is 0.100. The molecule has 3 aromatic carbocycles. The normalized spacial score (nSPS) is 18.7. The van der Waals surface area contributed by atoms with Crippen LogP contribution in [-0.4, -0.2) is 39.0 Å². The number of para-hydroxylation sites is 1. The first-order valence-corrected chi connectivity index (χ1v) is 12.0. The van der Waals surface area contributed by atoms with Crippen molar-refractivity contribution in [1.82, 2.24) is 9.88 Å². The lowest BCUT2D eigenvalue weighted by atomic mass is 9.99. The lowest BCUT2D eigenvalue weighted by Crippen LogP contribution is -2.58. The molecule has 1 atom stereocenters. The summed E-state index contributed by atoms with van der Waals surface area (Å²) in [4.78, 5) is 53.2. The van der Waals surface area contributed by atoms with E-state index in [1.165, 1.54) is 30.0 Å². The number of benzene rings is 3. The molecule has 38 heavy (non-hydrogen) atoms. The SMILES string of the molecule is Cc1ccnc(N2C(=O)C(C)(N3C(=O)c4ccccc4C3=O)N=C(c3ccccc3F)c3ccccc32)c1. The van der Waals surface area contributed by atoms with E-state index in [1.807, 2.05) is 6.92 Å². The predicted octanol–water partition coefficient (Wildman–Crippen LogP) is 5.06. The Morgan fingerprint density at radius 3 is 1.97 bits per heavy atom. The molecular formula is C30H21FN4O3. The Hall–Kier alpha value is -4.98. The number of rotatable bonds is 3. The van der Waals surface area contributed by atoms with Crippen molar-refractivity contribution in [2.24, 2.45) is 4.99 Å². The topological polar surface area (TPSA) is 82.9 Å². The van der Waals surface area contributed by atoms with Crippen LogP contribution in [0, 0.1) is 12.7 Å². The zero-order valence-electron chi connectivity index (χ0n) is 20.6. The Labute approximate surface area is 217 Å². The minimum Gasteiger partial charge on any atom is -0.269 e. The van der Waals surface area contributed by atoms with Gasteiger partial charge in [0.15, 0.2) is 0 Å². The number of hydrogen-bond donors (Lipinski definition) is 0. The third kappa shape index (κ3) is 3.37. The molecule has 3 heterocycles. The molecule has 0 fully saturated rings. The molecule has 0 N–H and O–H groups in total. The maximum absolute atomic E-state index is 15.2. The number of imide groups is 1. The smallest absolute Gasteiger partial charge is 0.269 e. The Morgan fingerprint density at radius 2 is 1.34 bits per heavy atom.